The van der Waals surface area contributed by atoms with E-state index in [4.69, 9.17) is 4.52 Å². The first-order valence-corrected chi connectivity index (χ1v) is 5.20. The lowest BCUT2D eigenvalue weighted by Crippen LogP contribution is -1.83. The number of nitrogens with zero attached hydrogens (tertiary/aromatic N) is 3. The Labute approximate surface area is 94.0 Å². The third-order valence-electron chi connectivity index (χ3n) is 2.31. The van der Waals surface area contributed by atoms with Crippen molar-refractivity contribution in [1.82, 2.24) is 15.1 Å². The zero-order chi connectivity index (χ0) is 11.4. The summed E-state index contributed by atoms with van der Waals surface area (Å²) in [4.78, 5) is 8.16. The van der Waals surface area contributed by atoms with E-state index >= 15 is 0 Å². The Hall–Kier alpha value is -1.97. The first kappa shape index (κ1) is 10.5. The molecule has 2 rings (SSSR count). The third kappa shape index (κ3) is 2.16. The van der Waals surface area contributed by atoms with Gasteiger partial charge in [0.25, 0.3) is 0 Å². The summed E-state index contributed by atoms with van der Waals surface area (Å²) in [6.45, 7) is 3.97. The van der Waals surface area contributed by atoms with Gasteiger partial charge in [-0.2, -0.15) is 0 Å². The van der Waals surface area contributed by atoms with Crippen LogP contribution in [0.2, 0.25) is 0 Å². The molecule has 4 heteroatoms. The van der Waals surface area contributed by atoms with Crippen LogP contribution in [0.15, 0.2) is 23.1 Å². The molecule has 0 aliphatic carbocycles. The molecule has 0 aliphatic heterocycles. The summed E-state index contributed by atoms with van der Waals surface area (Å²) >= 11 is 0. The summed E-state index contributed by atoms with van der Waals surface area (Å²) < 4.78 is 5.20. The molecule has 0 bridgehead atoms. The molecule has 0 amide bonds. The Kier molecular flexibility index (Phi) is 3.10. The summed E-state index contributed by atoms with van der Waals surface area (Å²) in [5.41, 5.74) is 2.76. The van der Waals surface area contributed by atoms with E-state index in [-0.39, 0.29) is 0 Å². The van der Waals surface area contributed by atoms with Crippen LogP contribution in [0.5, 0.6) is 0 Å². The van der Waals surface area contributed by atoms with Crippen molar-refractivity contribution < 1.29 is 4.52 Å². The zero-order valence-electron chi connectivity index (χ0n) is 9.34. The SMILES string of the molecule is CCc1onc(C)c1/C=C/c1cnccn1. The van der Waals surface area contributed by atoms with E-state index < -0.39 is 0 Å². The maximum Gasteiger partial charge on any atom is 0.143 e. The van der Waals surface area contributed by atoms with Crippen LogP contribution in [0.3, 0.4) is 0 Å². The van der Waals surface area contributed by atoms with Crippen LogP contribution >= 0.6 is 0 Å². The van der Waals surface area contributed by atoms with Gasteiger partial charge in [0.2, 0.25) is 0 Å². The van der Waals surface area contributed by atoms with Gasteiger partial charge in [0.05, 0.1) is 17.6 Å². The molecule has 0 radical (unpaired) electrons. The average molecular weight is 215 g/mol. The largest absolute Gasteiger partial charge is 0.361 e. The molecule has 0 fully saturated rings. The normalized spacial score (nSPS) is 11.1. The lowest BCUT2D eigenvalue weighted by molar-refractivity contribution is 0.383. The monoisotopic (exact) mass is 215 g/mol. The second-order valence-electron chi connectivity index (χ2n) is 3.42. The molecule has 16 heavy (non-hydrogen) atoms. The molecular formula is C12H13N3O. The Morgan fingerprint density at radius 2 is 2.19 bits per heavy atom. The van der Waals surface area contributed by atoms with Gasteiger partial charge in [-0.1, -0.05) is 12.1 Å². The Bertz CT molecular complexity index is 488. The minimum absolute atomic E-state index is 0.824. The van der Waals surface area contributed by atoms with Crippen molar-refractivity contribution in [1.29, 1.82) is 0 Å². The van der Waals surface area contributed by atoms with E-state index in [2.05, 4.69) is 15.1 Å². The van der Waals surface area contributed by atoms with E-state index in [1.165, 1.54) is 0 Å². The lowest BCUT2D eigenvalue weighted by atomic mass is 10.1. The van der Waals surface area contributed by atoms with E-state index in [1.807, 2.05) is 26.0 Å². The second-order valence-corrected chi connectivity index (χ2v) is 3.42. The van der Waals surface area contributed by atoms with Crippen molar-refractivity contribution in [2.45, 2.75) is 20.3 Å². The number of aromatic nitrogens is 3. The Morgan fingerprint density at radius 3 is 2.88 bits per heavy atom. The van der Waals surface area contributed by atoms with E-state index in [0.717, 1.165) is 29.1 Å². The van der Waals surface area contributed by atoms with E-state index in [9.17, 15) is 0 Å². The summed E-state index contributed by atoms with van der Waals surface area (Å²) in [6.07, 6.45) is 9.74. The lowest BCUT2D eigenvalue weighted by Gasteiger charge is -1.92. The van der Waals surface area contributed by atoms with Gasteiger partial charge in [-0.05, 0) is 19.1 Å². The van der Waals surface area contributed by atoms with E-state index in [0.29, 0.717) is 0 Å². The molecule has 0 spiro atoms. The number of aryl methyl sites for hydroxylation is 2. The van der Waals surface area contributed by atoms with E-state index in [1.54, 1.807) is 18.6 Å². The van der Waals surface area contributed by atoms with Gasteiger partial charge in [-0.15, -0.1) is 0 Å². The van der Waals surface area contributed by atoms with Crippen LogP contribution < -0.4 is 0 Å². The van der Waals surface area contributed by atoms with Gasteiger partial charge in [0.1, 0.15) is 5.76 Å². The van der Waals surface area contributed by atoms with Crippen LogP contribution in [-0.4, -0.2) is 15.1 Å². The fraction of sp³-hybridized carbons (Fsp3) is 0.250. The molecule has 0 saturated carbocycles. The fourth-order valence-electron chi connectivity index (χ4n) is 1.46. The quantitative estimate of drug-likeness (QED) is 0.789. The van der Waals surface area contributed by atoms with Crippen LogP contribution in [0.25, 0.3) is 12.2 Å². The number of rotatable bonds is 3. The van der Waals surface area contributed by atoms with Crippen molar-refractivity contribution in [2.24, 2.45) is 0 Å². The standard InChI is InChI=1S/C12H13N3O/c1-3-12-11(9(2)15-16-12)5-4-10-8-13-6-7-14-10/h4-8H,3H2,1-2H3/b5-4+. The molecule has 2 aromatic heterocycles. The van der Waals surface area contributed by atoms with Gasteiger partial charge in [-0.25, -0.2) is 0 Å². The smallest absolute Gasteiger partial charge is 0.143 e. The summed E-state index contributed by atoms with van der Waals surface area (Å²) in [5.74, 6) is 0.901. The Morgan fingerprint density at radius 1 is 1.31 bits per heavy atom. The molecule has 2 heterocycles. The number of hydrogen-bond acceptors (Lipinski definition) is 4. The first-order chi connectivity index (χ1) is 7.81. The van der Waals surface area contributed by atoms with Gasteiger partial charge in [-0.3, -0.25) is 9.97 Å². The Balaban J connectivity index is 2.27. The average Bonchev–Trinajstić information content (AvgIpc) is 2.69. The van der Waals surface area contributed by atoms with Crippen molar-refractivity contribution in [2.75, 3.05) is 0 Å². The molecular weight excluding hydrogens is 202 g/mol. The fourth-order valence-corrected chi connectivity index (χ4v) is 1.46. The van der Waals surface area contributed by atoms with Gasteiger partial charge in [0.15, 0.2) is 0 Å². The van der Waals surface area contributed by atoms with Gasteiger partial charge in [0, 0.05) is 24.4 Å². The predicted molar refractivity (Wildman–Crippen MR) is 61.6 cm³/mol. The summed E-state index contributed by atoms with van der Waals surface area (Å²) in [6, 6.07) is 0. The molecule has 0 aliphatic rings. The van der Waals surface area contributed by atoms with Crippen LogP contribution in [-0.2, 0) is 6.42 Å². The molecule has 4 nitrogen and oxygen atoms in total. The maximum atomic E-state index is 5.20. The highest BCUT2D eigenvalue weighted by Gasteiger charge is 2.07. The minimum atomic E-state index is 0.824. The highest BCUT2D eigenvalue weighted by molar-refractivity contribution is 5.69. The third-order valence-corrected chi connectivity index (χ3v) is 2.31. The zero-order valence-corrected chi connectivity index (χ0v) is 9.34. The van der Waals surface area contributed by atoms with Crippen LogP contribution in [0.4, 0.5) is 0 Å². The molecule has 0 aromatic carbocycles. The molecule has 0 atom stereocenters. The van der Waals surface area contributed by atoms with Crippen molar-refractivity contribution >= 4 is 12.2 Å². The molecule has 82 valence electrons. The molecule has 2 aromatic rings. The van der Waals surface area contributed by atoms with Gasteiger partial charge >= 0.3 is 0 Å². The number of hydrogen-bond donors (Lipinski definition) is 0. The highest BCUT2D eigenvalue weighted by Crippen LogP contribution is 2.16. The van der Waals surface area contributed by atoms with Crippen LogP contribution in [0.1, 0.15) is 29.6 Å². The second kappa shape index (κ2) is 4.70. The van der Waals surface area contributed by atoms with Crippen molar-refractivity contribution in [3.63, 3.8) is 0 Å². The minimum Gasteiger partial charge on any atom is -0.361 e. The van der Waals surface area contributed by atoms with Crippen molar-refractivity contribution in [3.8, 4) is 0 Å². The molecule has 0 saturated heterocycles. The highest BCUT2D eigenvalue weighted by atomic mass is 16.5. The maximum absolute atomic E-state index is 5.20. The molecule has 0 unspecified atom stereocenters. The summed E-state index contributed by atoms with van der Waals surface area (Å²) in [7, 11) is 0. The van der Waals surface area contributed by atoms with Crippen molar-refractivity contribution in [3.05, 3.63) is 41.3 Å². The topological polar surface area (TPSA) is 51.8 Å². The molecule has 0 N–H and O–H groups in total. The van der Waals surface area contributed by atoms with Gasteiger partial charge < -0.3 is 4.52 Å². The first-order valence-electron chi connectivity index (χ1n) is 5.20. The predicted octanol–water partition coefficient (Wildman–Crippen LogP) is 2.51. The summed E-state index contributed by atoms with van der Waals surface area (Å²) in [5, 5.41) is 3.94. The van der Waals surface area contributed by atoms with Crippen LogP contribution in [0, 0.1) is 6.92 Å².